The van der Waals surface area contributed by atoms with Crippen molar-refractivity contribution in [3.8, 4) is 0 Å². The van der Waals surface area contributed by atoms with Crippen molar-refractivity contribution in [2.75, 3.05) is 20.2 Å². The monoisotopic (exact) mass is 454 g/mol. The van der Waals surface area contributed by atoms with Gasteiger partial charge >= 0.3 is 5.97 Å². The number of carbonyl (C=O) groups is 2. The number of rotatable bonds is 7. The summed E-state index contributed by atoms with van der Waals surface area (Å²) < 4.78 is 45.3. The number of carbonyl (C=O) groups excluding carboxylic acids is 2. The predicted octanol–water partition coefficient (Wildman–Crippen LogP) is 2.71. The molecule has 0 saturated carbocycles. The van der Waals surface area contributed by atoms with E-state index in [2.05, 4.69) is 5.32 Å². The van der Waals surface area contributed by atoms with Crippen LogP contribution in [0.4, 0.5) is 4.39 Å². The molecule has 3 rings (SSSR count). The average molecular weight is 455 g/mol. The van der Waals surface area contributed by atoms with Crippen molar-refractivity contribution in [1.29, 1.82) is 0 Å². The Labute approximate surface area is 178 Å². The lowest BCUT2D eigenvalue weighted by Gasteiger charge is -2.31. The number of esters is 1. The third kappa shape index (κ3) is 5.05. The molecule has 1 unspecified atom stereocenters. The summed E-state index contributed by atoms with van der Waals surface area (Å²) in [5.74, 6) is -1.85. The Morgan fingerprint density at radius 2 is 1.93 bits per heavy atom. The second-order valence-electron chi connectivity index (χ2n) is 6.97. The van der Waals surface area contributed by atoms with E-state index in [1.807, 2.05) is 17.5 Å². The minimum absolute atomic E-state index is 0.0171. The van der Waals surface area contributed by atoms with Gasteiger partial charge in [-0.05, 0) is 36.4 Å². The second-order valence-corrected chi connectivity index (χ2v) is 9.85. The summed E-state index contributed by atoms with van der Waals surface area (Å²) in [7, 11) is -2.66. The first-order valence-electron chi connectivity index (χ1n) is 9.48. The molecule has 0 radical (unpaired) electrons. The summed E-state index contributed by atoms with van der Waals surface area (Å²) in [6.45, 7) is 0.241. The van der Waals surface area contributed by atoms with Gasteiger partial charge in [0, 0.05) is 23.9 Å². The standard InChI is InChI=1S/C20H23FN2O5S2/c1-28-19(24)13-16(17-6-4-12-29-17)22-20(25)14-8-10-23(11-9-14)30(26,27)18-7-3-2-5-15(18)21/h2-7,12,14,16H,8-11,13H2,1H3,(H,22,25). The van der Waals surface area contributed by atoms with Crippen LogP contribution in [0.2, 0.25) is 0 Å². The Balaban J connectivity index is 1.63. The molecule has 1 amide bonds. The van der Waals surface area contributed by atoms with Crippen LogP contribution in [-0.4, -0.2) is 44.8 Å². The fraction of sp³-hybridized carbons (Fsp3) is 0.400. The van der Waals surface area contributed by atoms with Crippen LogP contribution in [0.25, 0.3) is 0 Å². The SMILES string of the molecule is COC(=O)CC(NC(=O)C1CCN(S(=O)(=O)c2ccccc2F)CC1)c1cccs1. The van der Waals surface area contributed by atoms with Gasteiger partial charge in [0.2, 0.25) is 15.9 Å². The van der Waals surface area contributed by atoms with Crippen molar-refractivity contribution in [2.24, 2.45) is 5.92 Å². The van der Waals surface area contributed by atoms with Crippen LogP contribution in [-0.2, 0) is 24.3 Å². The summed E-state index contributed by atoms with van der Waals surface area (Å²) in [5.41, 5.74) is 0. The summed E-state index contributed by atoms with van der Waals surface area (Å²) in [6.07, 6.45) is 0.646. The molecule has 1 atom stereocenters. The number of methoxy groups -OCH3 is 1. The van der Waals surface area contributed by atoms with Crippen LogP contribution < -0.4 is 5.32 Å². The van der Waals surface area contributed by atoms with Crippen molar-refractivity contribution < 1.29 is 27.1 Å². The van der Waals surface area contributed by atoms with E-state index in [0.717, 1.165) is 10.9 Å². The fourth-order valence-electron chi connectivity index (χ4n) is 3.40. The quantitative estimate of drug-likeness (QED) is 0.650. The number of hydrogen-bond donors (Lipinski definition) is 1. The summed E-state index contributed by atoms with van der Waals surface area (Å²) in [4.78, 5) is 25.0. The van der Waals surface area contributed by atoms with Crippen LogP contribution >= 0.6 is 11.3 Å². The highest BCUT2D eigenvalue weighted by atomic mass is 32.2. The molecule has 2 aromatic rings. The van der Waals surface area contributed by atoms with Crippen LogP contribution in [0, 0.1) is 11.7 Å². The van der Waals surface area contributed by atoms with Gasteiger partial charge in [-0.1, -0.05) is 18.2 Å². The molecule has 0 bridgehead atoms. The van der Waals surface area contributed by atoms with E-state index in [-0.39, 0.29) is 30.3 Å². The minimum atomic E-state index is -3.95. The van der Waals surface area contributed by atoms with Gasteiger partial charge in [0.1, 0.15) is 10.7 Å². The lowest BCUT2D eigenvalue weighted by atomic mass is 9.96. The van der Waals surface area contributed by atoms with Crippen LogP contribution in [0.5, 0.6) is 0 Å². The third-order valence-corrected chi connectivity index (χ3v) is 8.00. The maximum atomic E-state index is 13.9. The Morgan fingerprint density at radius 3 is 2.53 bits per heavy atom. The molecule has 7 nitrogen and oxygen atoms in total. The van der Waals surface area contributed by atoms with Gasteiger partial charge in [0.05, 0.1) is 19.6 Å². The first-order valence-corrected chi connectivity index (χ1v) is 11.8. The van der Waals surface area contributed by atoms with Gasteiger partial charge in [-0.2, -0.15) is 4.31 Å². The second kappa shape index (κ2) is 9.67. The molecule has 30 heavy (non-hydrogen) atoms. The molecular weight excluding hydrogens is 431 g/mol. The fourth-order valence-corrected chi connectivity index (χ4v) is 5.72. The Morgan fingerprint density at radius 1 is 1.23 bits per heavy atom. The molecule has 1 fully saturated rings. The number of benzene rings is 1. The molecule has 1 aromatic heterocycles. The van der Waals surface area contributed by atoms with Crippen molar-refractivity contribution in [3.05, 3.63) is 52.5 Å². The van der Waals surface area contributed by atoms with Gasteiger partial charge in [0.25, 0.3) is 0 Å². The van der Waals surface area contributed by atoms with Crippen LogP contribution in [0.15, 0.2) is 46.7 Å². The summed E-state index contributed by atoms with van der Waals surface area (Å²) in [6, 6.07) is 8.43. The van der Waals surface area contributed by atoms with Crippen molar-refractivity contribution in [3.63, 3.8) is 0 Å². The van der Waals surface area contributed by atoms with Gasteiger partial charge in [-0.3, -0.25) is 9.59 Å². The van der Waals surface area contributed by atoms with Crippen molar-refractivity contribution in [2.45, 2.75) is 30.2 Å². The maximum Gasteiger partial charge on any atom is 0.307 e. The molecule has 1 saturated heterocycles. The number of sulfonamides is 1. The molecule has 1 aliphatic rings. The highest BCUT2D eigenvalue weighted by molar-refractivity contribution is 7.89. The van der Waals surface area contributed by atoms with E-state index in [1.165, 1.54) is 41.0 Å². The van der Waals surface area contributed by atoms with E-state index in [0.29, 0.717) is 12.8 Å². The predicted molar refractivity (Wildman–Crippen MR) is 110 cm³/mol. The zero-order valence-corrected chi connectivity index (χ0v) is 18.0. The first-order chi connectivity index (χ1) is 14.3. The zero-order chi connectivity index (χ0) is 21.7. The highest BCUT2D eigenvalue weighted by Gasteiger charge is 2.34. The molecule has 1 N–H and O–H groups in total. The average Bonchev–Trinajstić information content (AvgIpc) is 3.28. The Hall–Kier alpha value is -2.30. The summed E-state index contributed by atoms with van der Waals surface area (Å²) in [5, 5.41) is 4.75. The van der Waals surface area contributed by atoms with Crippen molar-refractivity contribution >= 4 is 33.2 Å². The molecular formula is C20H23FN2O5S2. The number of hydrogen-bond acceptors (Lipinski definition) is 6. The molecule has 10 heteroatoms. The van der Waals surface area contributed by atoms with Crippen LogP contribution in [0.1, 0.15) is 30.2 Å². The topological polar surface area (TPSA) is 92.8 Å². The molecule has 0 spiro atoms. The van der Waals surface area contributed by atoms with E-state index >= 15 is 0 Å². The lowest BCUT2D eigenvalue weighted by Crippen LogP contribution is -2.44. The smallest absolute Gasteiger partial charge is 0.307 e. The van der Waals surface area contributed by atoms with Gasteiger partial charge < -0.3 is 10.1 Å². The van der Waals surface area contributed by atoms with Gasteiger partial charge in [-0.25, -0.2) is 12.8 Å². The third-order valence-electron chi connectivity index (χ3n) is 5.08. The number of piperidine rings is 1. The molecule has 162 valence electrons. The van der Waals surface area contributed by atoms with Crippen molar-refractivity contribution in [1.82, 2.24) is 9.62 Å². The van der Waals surface area contributed by atoms with E-state index in [1.54, 1.807) is 0 Å². The number of halogens is 1. The first kappa shape index (κ1) is 22.4. The molecule has 1 aromatic carbocycles. The summed E-state index contributed by atoms with van der Waals surface area (Å²) >= 11 is 1.43. The number of amides is 1. The van der Waals surface area contributed by atoms with E-state index < -0.39 is 33.8 Å². The number of thiophene rings is 1. The number of ether oxygens (including phenoxy) is 1. The lowest BCUT2D eigenvalue weighted by molar-refractivity contribution is -0.141. The minimum Gasteiger partial charge on any atom is -0.469 e. The zero-order valence-electron chi connectivity index (χ0n) is 16.4. The van der Waals surface area contributed by atoms with Gasteiger partial charge in [-0.15, -0.1) is 11.3 Å². The van der Waals surface area contributed by atoms with E-state index in [4.69, 9.17) is 4.74 Å². The largest absolute Gasteiger partial charge is 0.469 e. The van der Waals surface area contributed by atoms with Gasteiger partial charge in [0.15, 0.2) is 0 Å². The molecule has 0 aliphatic carbocycles. The van der Waals surface area contributed by atoms with Crippen LogP contribution in [0.3, 0.4) is 0 Å². The Bertz CT molecular complexity index is 986. The molecule has 2 heterocycles. The molecule has 1 aliphatic heterocycles. The maximum absolute atomic E-state index is 13.9. The highest BCUT2D eigenvalue weighted by Crippen LogP contribution is 2.27. The van der Waals surface area contributed by atoms with E-state index in [9.17, 15) is 22.4 Å². The number of nitrogens with one attached hydrogen (secondary N) is 1. The number of nitrogens with zero attached hydrogens (tertiary/aromatic N) is 1. The Kier molecular flexibility index (Phi) is 7.22. The normalized spacial score (nSPS) is 16.7.